The van der Waals surface area contributed by atoms with Gasteiger partial charge in [-0.1, -0.05) is 6.92 Å². The van der Waals surface area contributed by atoms with Gasteiger partial charge in [-0.25, -0.2) is 0 Å². The maximum absolute atomic E-state index is 11.6. The smallest absolute Gasteiger partial charge is 0.189 e. The fraction of sp³-hybridized carbons (Fsp3) is 0.280. The number of aromatic amines is 1. The molecule has 2 aromatic heterocycles. The number of ether oxygens (including phenoxy) is 3. The molecule has 7 heteroatoms. The number of benzene rings is 2. The number of pyridine rings is 2. The first-order chi connectivity index (χ1) is 15.5. The van der Waals surface area contributed by atoms with Crippen LogP contribution in [0.2, 0.25) is 0 Å². The van der Waals surface area contributed by atoms with Crippen molar-refractivity contribution in [2.24, 2.45) is 0 Å². The topological polar surface area (TPSA) is 93.7 Å². The van der Waals surface area contributed by atoms with E-state index < -0.39 is 0 Å². The predicted octanol–water partition coefficient (Wildman–Crippen LogP) is 4.23. The number of rotatable bonds is 6. The molecule has 4 rings (SSSR count). The van der Waals surface area contributed by atoms with Gasteiger partial charge in [0.2, 0.25) is 0 Å². The largest absolute Gasteiger partial charge is 0.497 e. The molecule has 0 unspecified atom stereocenters. The van der Waals surface area contributed by atoms with Crippen molar-refractivity contribution in [1.29, 1.82) is 0 Å². The van der Waals surface area contributed by atoms with E-state index in [-0.39, 0.29) is 12.0 Å². The number of aliphatic hydroxyl groups excluding tert-OH is 1. The lowest BCUT2D eigenvalue weighted by atomic mass is 10.1. The standard InChI is InChI=1S/C14H17NO2.C11H11NO3/c1-4-10-8-14(17-5-2)12-9-11(16-3)6-7-13(12)15-10;1-15-8-2-3-10-9(5-8)11(14)4-7(6-13)12-10/h6-9H,4-5H2,1-3H3;2-5,13H,6H2,1H3,(H,12,14). The molecule has 0 spiro atoms. The van der Waals surface area contributed by atoms with Gasteiger partial charge in [0.1, 0.15) is 17.2 Å². The Kier molecular flexibility index (Phi) is 7.68. The number of nitrogens with one attached hydrogen (secondary N) is 1. The zero-order valence-electron chi connectivity index (χ0n) is 18.8. The highest BCUT2D eigenvalue weighted by molar-refractivity contribution is 5.86. The van der Waals surface area contributed by atoms with Gasteiger partial charge in [-0.05, 0) is 49.7 Å². The number of hydrogen-bond donors (Lipinski definition) is 2. The Morgan fingerprint density at radius 1 is 0.938 bits per heavy atom. The van der Waals surface area contributed by atoms with E-state index in [2.05, 4.69) is 16.9 Å². The molecule has 4 aromatic rings. The Bertz CT molecular complexity index is 1270. The number of aromatic nitrogens is 2. The second-order valence-electron chi connectivity index (χ2n) is 7.01. The maximum Gasteiger partial charge on any atom is 0.189 e. The number of nitrogens with zero attached hydrogens (tertiary/aromatic N) is 1. The summed E-state index contributed by atoms with van der Waals surface area (Å²) < 4.78 is 15.9. The minimum Gasteiger partial charge on any atom is -0.497 e. The van der Waals surface area contributed by atoms with Crippen molar-refractivity contribution in [1.82, 2.24) is 9.97 Å². The first-order valence-corrected chi connectivity index (χ1v) is 10.4. The molecule has 0 aliphatic heterocycles. The zero-order valence-corrected chi connectivity index (χ0v) is 18.8. The normalized spacial score (nSPS) is 10.5. The molecule has 0 saturated carbocycles. The Morgan fingerprint density at radius 2 is 1.62 bits per heavy atom. The predicted molar refractivity (Wildman–Crippen MR) is 126 cm³/mol. The maximum atomic E-state index is 11.6. The SMILES string of the molecule is CCOc1cc(CC)nc2ccc(OC)cc12.COc1ccc2[nH]c(CO)cc(=O)c2c1. The lowest BCUT2D eigenvalue weighted by molar-refractivity contribution is 0.277. The molecule has 0 saturated heterocycles. The van der Waals surface area contributed by atoms with Crippen molar-refractivity contribution >= 4 is 21.8 Å². The summed E-state index contributed by atoms with van der Waals surface area (Å²) in [4.78, 5) is 19.2. The monoisotopic (exact) mass is 436 g/mol. The van der Waals surface area contributed by atoms with E-state index in [1.807, 2.05) is 31.2 Å². The van der Waals surface area contributed by atoms with Crippen molar-refractivity contribution in [3.63, 3.8) is 0 Å². The fourth-order valence-electron chi connectivity index (χ4n) is 3.30. The van der Waals surface area contributed by atoms with E-state index in [1.165, 1.54) is 6.07 Å². The Balaban J connectivity index is 0.000000182. The van der Waals surface area contributed by atoms with Gasteiger partial charge in [0, 0.05) is 39.8 Å². The zero-order chi connectivity index (χ0) is 23.1. The molecule has 0 aliphatic carbocycles. The molecule has 32 heavy (non-hydrogen) atoms. The van der Waals surface area contributed by atoms with Gasteiger partial charge in [0.25, 0.3) is 0 Å². The summed E-state index contributed by atoms with van der Waals surface area (Å²) in [6.45, 7) is 4.56. The molecule has 0 atom stereocenters. The average molecular weight is 437 g/mol. The minimum absolute atomic E-state index is 0.119. The fourth-order valence-corrected chi connectivity index (χ4v) is 3.30. The van der Waals surface area contributed by atoms with Gasteiger partial charge in [-0.15, -0.1) is 0 Å². The minimum atomic E-state index is -0.169. The first kappa shape index (κ1) is 23.1. The summed E-state index contributed by atoms with van der Waals surface area (Å²) in [5, 5.41) is 10.5. The van der Waals surface area contributed by atoms with Crippen LogP contribution in [0.3, 0.4) is 0 Å². The van der Waals surface area contributed by atoms with E-state index in [0.717, 1.165) is 34.5 Å². The average Bonchev–Trinajstić information content (AvgIpc) is 2.83. The van der Waals surface area contributed by atoms with Crippen LogP contribution >= 0.6 is 0 Å². The molecule has 0 radical (unpaired) electrons. The Morgan fingerprint density at radius 3 is 2.25 bits per heavy atom. The highest BCUT2D eigenvalue weighted by Crippen LogP contribution is 2.29. The third kappa shape index (κ3) is 5.18. The van der Waals surface area contributed by atoms with Crippen molar-refractivity contribution in [3.05, 3.63) is 70.1 Å². The van der Waals surface area contributed by atoms with Crippen LogP contribution in [0.4, 0.5) is 0 Å². The number of hydrogen-bond acceptors (Lipinski definition) is 6. The molecule has 0 aliphatic rings. The third-order valence-corrected chi connectivity index (χ3v) is 4.96. The van der Waals surface area contributed by atoms with Crippen LogP contribution in [0.1, 0.15) is 25.2 Å². The number of H-pyrrole nitrogens is 1. The van der Waals surface area contributed by atoms with E-state index >= 15 is 0 Å². The van der Waals surface area contributed by atoms with Crippen LogP contribution in [0, 0.1) is 0 Å². The number of aliphatic hydroxyl groups is 1. The number of fused-ring (bicyclic) bond motifs is 2. The summed E-state index contributed by atoms with van der Waals surface area (Å²) in [6, 6.07) is 14.4. The molecule has 0 bridgehead atoms. The van der Waals surface area contributed by atoms with Crippen molar-refractivity contribution in [3.8, 4) is 17.2 Å². The van der Waals surface area contributed by atoms with Crippen molar-refractivity contribution in [2.75, 3.05) is 20.8 Å². The van der Waals surface area contributed by atoms with Crippen LogP contribution in [0.5, 0.6) is 17.2 Å². The highest BCUT2D eigenvalue weighted by Gasteiger charge is 2.07. The Labute approximate surface area is 186 Å². The molecular formula is C25H28N2O5. The van der Waals surface area contributed by atoms with Gasteiger partial charge in [-0.3, -0.25) is 9.78 Å². The molecule has 7 nitrogen and oxygen atoms in total. The van der Waals surface area contributed by atoms with E-state index in [4.69, 9.17) is 19.3 Å². The lowest BCUT2D eigenvalue weighted by Crippen LogP contribution is -2.05. The van der Waals surface area contributed by atoms with Crippen LogP contribution in [0.15, 0.2) is 53.3 Å². The van der Waals surface area contributed by atoms with Gasteiger partial charge in [0.15, 0.2) is 5.43 Å². The highest BCUT2D eigenvalue weighted by atomic mass is 16.5. The molecule has 2 aromatic carbocycles. The summed E-state index contributed by atoms with van der Waals surface area (Å²) in [7, 11) is 3.22. The molecule has 0 amide bonds. The summed E-state index contributed by atoms with van der Waals surface area (Å²) >= 11 is 0. The first-order valence-electron chi connectivity index (χ1n) is 10.4. The van der Waals surface area contributed by atoms with Crippen LogP contribution in [0.25, 0.3) is 21.8 Å². The summed E-state index contributed by atoms with van der Waals surface area (Å²) in [5.74, 6) is 2.35. The quantitative estimate of drug-likeness (QED) is 0.470. The van der Waals surface area contributed by atoms with E-state index in [0.29, 0.717) is 29.0 Å². The summed E-state index contributed by atoms with van der Waals surface area (Å²) in [6.07, 6.45) is 0.905. The van der Waals surface area contributed by atoms with Crippen LogP contribution in [-0.4, -0.2) is 35.9 Å². The molecule has 2 N–H and O–H groups in total. The van der Waals surface area contributed by atoms with Crippen molar-refractivity contribution < 1.29 is 19.3 Å². The van der Waals surface area contributed by atoms with Gasteiger partial charge in [0.05, 0.1) is 33.0 Å². The second kappa shape index (κ2) is 10.6. The third-order valence-electron chi connectivity index (χ3n) is 4.96. The molecule has 2 heterocycles. The van der Waals surface area contributed by atoms with Gasteiger partial charge >= 0.3 is 0 Å². The van der Waals surface area contributed by atoms with Gasteiger partial charge < -0.3 is 24.3 Å². The van der Waals surface area contributed by atoms with Crippen molar-refractivity contribution in [2.45, 2.75) is 26.9 Å². The Hall–Kier alpha value is -3.58. The van der Waals surface area contributed by atoms with Crippen LogP contribution in [-0.2, 0) is 13.0 Å². The summed E-state index contributed by atoms with van der Waals surface area (Å²) in [5.41, 5.74) is 3.09. The van der Waals surface area contributed by atoms with E-state index in [1.54, 1.807) is 32.4 Å². The lowest BCUT2D eigenvalue weighted by Gasteiger charge is -2.10. The van der Waals surface area contributed by atoms with Gasteiger partial charge in [-0.2, -0.15) is 0 Å². The molecule has 168 valence electrons. The second-order valence-corrected chi connectivity index (χ2v) is 7.01. The van der Waals surface area contributed by atoms with Crippen LogP contribution < -0.4 is 19.6 Å². The van der Waals surface area contributed by atoms with E-state index in [9.17, 15) is 4.79 Å². The number of aryl methyl sites for hydroxylation is 1. The number of methoxy groups -OCH3 is 2. The molecular weight excluding hydrogens is 408 g/mol. The molecule has 0 fully saturated rings.